The summed E-state index contributed by atoms with van der Waals surface area (Å²) in [7, 11) is 0. The van der Waals surface area contributed by atoms with Gasteiger partial charge in [-0.25, -0.2) is 0 Å². The highest BCUT2D eigenvalue weighted by molar-refractivity contribution is 6.23. The van der Waals surface area contributed by atoms with Gasteiger partial charge in [0, 0.05) is 22.0 Å². The van der Waals surface area contributed by atoms with Crippen molar-refractivity contribution >= 4 is 71.3 Å². The average Bonchev–Trinajstić information content (AvgIpc) is 3.56. The predicted molar refractivity (Wildman–Crippen MR) is 212 cm³/mol. The van der Waals surface area contributed by atoms with Gasteiger partial charge in [0.1, 0.15) is 11.2 Å². The zero-order chi connectivity index (χ0) is 33.0. The van der Waals surface area contributed by atoms with Crippen molar-refractivity contribution in [2.24, 2.45) is 0 Å². The largest absolute Gasteiger partial charge is 0.455 e. The molecular weight excluding hydrogens is 607 g/mol. The third-order valence-corrected chi connectivity index (χ3v) is 10.0. The molecule has 50 heavy (non-hydrogen) atoms. The maximum absolute atomic E-state index is 6.92. The smallest absolute Gasteiger partial charge is 0.143 e. The topological polar surface area (TPSA) is 16.4 Å². The second-order valence-electron chi connectivity index (χ2n) is 12.9. The monoisotopic (exact) mass is 637 g/mol. The van der Waals surface area contributed by atoms with Crippen molar-refractivity contribution in [2.75, 3.05) is 4.90 Å². The van der Waals surface area contributed by atoms with Gasteiger partial charge in [0.2, 0.25) is 0 Å². The first kappa shape index (κ1) is 28.4. The van der Waals surface area contributed by atoms with E-state index >= 15 is 0 Å². The third-order valence-electron chi connectivity index (χ3n) is 10.0. The van der Waals surface area contributed by atoms with E-state index in [4.69, 9.17) is 4.42 Å². The van der Waals surface area contributed by atoms with Crippen molar-refractivity contribution < 1.29 is 4.42 Å². The molecule has 0 aliphatic carbocycles. The Hall–Kier alpha value is -6.64. The number of hydrogen-bond acceptors (Lipinski definition) is 2. The Morgan fingerprint density at radius 2 is 0.940 bits per heavy atom. The number of furan rings is 1. The molecule has 10 aromatic rings. The van der Waals surface area contributed by atoms with Crippen molar-refractivity contribution in [1.29, 1.82) is 0 Å². The Balaban J connectivity index is 1.31. The van der Waals surface area contributed by atoms with Gasteiger partial charge in [-0.3, -0.25) is 0 Å². The first-order valence-corrected chi connectivity index (χ1v) is 17.1. The number of fused-ring (bicyclic) bond motifs is 7. The highest BCUT2D eigenvalue weighted by atomic mass is 16.3. The molecule has 9 aromatic carbocycles. The second-order valence-corrected chi connectivity index (χ2v) is 12.9. The van der Waals surface area contributed by atoms with Gasteiger partial charge in [-0.2, -0.15) is 0 Å². The Morgan fingerprint density at radius 3 is 1.68 bits per heavy atom. The van der Waals surface area contributed by atoms with E-state index in [2.05, 4.69) is 193 Å². The van der Waals surface area contributed by atoms with E-state index in [0.717, 1.165) is 50.1 Å². The minimum absolute atomic E-state index is 0.862. The maximum Gasteiger partial charge on any atom is 0.143 e. The van der Waals surface area contributed by atoms with Crippen LogP contribution < -0.4 is 4.90 Å². The van der Waals surface area contributed by atoms with Gasteiger partial charge in [0.05, 0.1) is 16.8 Å². The van der Waals surface area contributed by atoms with Crippen molar-refractivity contribution in [3.8, 4) is 22.3 Å². The van der Waals surface area contributed by atoms with E-state index in [1.165, 1.54) is 43.4 Å². The number of rotatable bonds is 5. The maximum atomic E-state index is 6.92. The van der Waals surface area contributed by atoms with E-state index in [-0.39, 0.29) is 0 Å². The highest BCUT2D eigenvalue weighted by Crippen LogP contribution is 2.49. The fourth-order valence-electron chi connectivity index (χ4n) is 7.74. The molecule has 0 saturated carbocycles. The summed E-state index contributed by atoms with van der Waals surface area (Å²) in [6.07, 6.45) is 0. The average molecular weight is 638 g/mol. The van der Waals surface area contributed by atoms with Gasteiger partial charge in [-0.1, -0.05) is 152 Å². The van der Waals surface area contributed by atoms with Gasteiger partial charge in [-0.15, -0.1) is 0 Å². The summed E-state index contributed by atoms with van der Waals surface area (Å²) in [4.78, 5) is 2.43. The molecular formula is C48H31NO. The lowest BCUT2D eigenvalue weighted by Crippen LogP contribution is -2.11. The molecule has 0 amide bonds. The summed E-state index contributed by atoms with van der Waals surface area (Å²) in [6, 6.07) is 67.4. The molecule has 1 aromatic heterocycles. The van der Waals surface area contributed by atoms with Gasteiger partial charge < -0.3 is 9.32 Å². The first-order valence-electron chi connectivity index (χ1n) is 17.1. The lowest BCUT2D eigenvalue weighted by Gasteiger charge is -2.28. The van der Waals surface area contributed by atoms with E-state index in [1.807, 2.05) is 0 Å². The predicted octanol–water partition coefficient (Wildman–Crippen LogP) is 13.8. The lowest BCUT2D eigenvalue weighted by molar-refractivity contribution is 0.670. The molecule has 0 unspecified atom stereocenters. The molecule has 0 aliphatic heterocycles. The highest BCUT2D eigenvalue weighted by Gasteiger charge is 2.24. The zero-order valence-corrected chi connectivity index (χ0v) is 27.3. The standard InChI is InChI=1S/C48H31NO/c1-3-14-32(15-4-1)33-26-28-37(29-27-33)49(44-31-36-19-7-9-20-38(36)40-22-11-12-23-41(40)44)43-24-13-25-45-47(43)42-30-35-18-8-10-21-39(35)46(48(42)50-45)34-16-5-2-6-17-34/h1-31H. The normalized spacial score (nSPS) is 11.6. The van der Waals surface area contributed by atoms with Crippen molar-refractivity contribution in [3.63, 3.8) is 0 Å². The van der Waals surface area contributed by atoms with Gasteiger partial charge in [-0.05, 0) is 80.0 Å². The van der Waals surface area contributed by atoms with Crippen LogP contribution >= 0.6 is 0 Å². The molecule has 234 valence electrons. The molecule has 0 aliphatic rings. The van der Waals surface area contributed by atoms with Crippen LogP contribution in [0.25, 0.3) is 76.5 Å². The lowest BCUT2D eigenvalue weighted by atomic mass is 9.94. The third kappa shape index (κ3) is 4.50. The molecule has 0 saturated heterocycles. The SMILES string of the molecule is c1ccc(-c2ccc(N(c3cc4ccccc4c4ccccc34)c3cccc4oc5c(-c6ccccc6)c6ccccc6cc5c34)cc2)cc1. The molecule has 0 atom stereocenters. The van der Waals surface area contributed by atoms with E-state index in [0.29, 0.717) is 0 Å². The summed E-state index contributed by atoms with van der Waals surface area (Å²) in [5.41, 5.74) is 9.69. The van der Waals surface area contributed by atoms with Crippen molar-refractivity contribution in [1.82, 2.24) is 0 Å². The molecule has 0 radical (unpaired) electrons. The molecule has 0 fully saturated rings. The number of anilines is 3. The Bertz CT molecular complexity index is 2850. The minimum atomic E-state index is 0.862. The molecule has 0 bridgehead atoms. The minimum Gasteiger partial charge on any atom is -0.455 e. The molecule has 2 heteroatoms. The van der Waals surface area contributed by atoms with Crippen LogP contribution in [0.15, 0.2) is 192 Å². The zero-order valence-electron chi connectivity index (χ0n) is 27.3. The Morgan fingerprint density at radius 1 is 0.360 bits per heavy atom. The first-order chi connectivity index (χ1) is 24.8. The summed E-state index contributed by atoms with van der Waals surface area (Å²) in [5, 5.41) is 9.43. The van der Waals surface area contributed by atoms with Gasteiger partial charge in [0.25, 0.3) is 0 Å². The quantitative estimate of drug-likeness (QED) is 0.175. The van der Waals surface area contributed by atoms with Crippen LogP contribution in [0.3, 0.4) is 0 Å². The van der Waals surface area contributed by atoms with E-state index in [9.17, 15) is 0 Å². The van der Waals surface area contributed by atoms with Crippen LogP contribution in [0.4, 0.5) is 17.1 Å². The van der Waals surface area contributed by atoms with Crippen molar-refractivity contribution in [2.45, 2.75) is 0 Å². The van der Waals surface area contributed by atoms with Crippen LogP contribution in [-0.4, -0.2) is 0 Å². The van der Waals surface area contributed by atoms with E-state index < -0.39 is 0 Å². The molecule has 2 nitrogen and oxygen atoms in total. The second kappa shape index (κ2) is 11.5. The number of benzene rings is 9. The Labute approximate surface area is 290 Å². The van der Waals surface area contributed by atoms with Crippen LogP contribution in [0.2, 0.25) is 0 Å². The van der Waals surface area contributed by atoms with Crippen LogP contribution in [0.5, 0.6) is 0 Å². The summed E-state index contributed by atoms with van der Waals surface area (Å²) in [5.74, 6) is 0. The molecule has 0 N–H and O–H groups in total. The molecule has 10 rings (SSSR count). The fraction of sp³-hybridized carbons (Fsp3) is 0. The molecule has 1 heterocycles. The van der Waals surface area contributed by atoms with Crippen LogP contribution in [0.1, 0.15) is 0 Å². The van der Waals surface area contributed by atoms with E-state index in [1.54, 1.807) is 0 Å². The van der Waals surface area contributed by atoms with Gasteiger partial charge in [0.15, 0.2) is 0 Å². The number of hydrogen-bond donors (Lipinski definition) is 0. The molecule has 0 spiro atoms. The number of nitrogens with zero attached hydrogens (tertiary/aromatic N) is 1. The van der Waals surface area contributed by atoms with Crippen molar-refractivity contribution in [3.05, 3.63) is 188 Å². The van der Waals surface area contributed by atoms with Crippen LogP contribution in [-0.2, 0) is 0 Å². The Kier molecular flexibility index (Phi) is 6.53. The summed E-state index contributed by atoms with van der Waals surface area (Å²) < 4.78 is 6.92. The van der Waals surface area contributed by atoms with Crippen LogP contribution in [0, 0.1) is 0 Å². The summed E-state index contributed by atoms with van der Waals surface area (Å²) >= 11 is 0. The summed E-state index contributed by atoms with van der Waals surface area (Å²) in [6.45, 7) is 0. The fourth-order valence-corrected chi connectivity index (χ4v) is 7.74. The van der Waals surface area contributed by atoms with Gasteiger partial charge >= 0.3 is 0 Å².